The fourth-order valence-corrected chi connectivity index (χ4v) is 1.81. The first kappa shape index (κ1) is 15.2. The Labute approximate surface area is 108 Å². The summed E-state index contributed by atoms with van der Waals surface area (Å²) in [7, 11) is 0. The fourth-order valence-electron chi connectivity index (χ4n) is 1.50. The molecule has 102 valence electrons. The van der Waals surface area contributed by atoms with Crippen LogP contribution in [0.5, 0.6) is 0 Å². The Morgan fingerprint density at radius 3 is 2.22 bits per heavy atom. The minimum Gasteiger partial charge on any atom is -0.312 e. The largest absolute Gasteiger partial charge is 0.416 e. The lowest BCUT2D eigenvalue weighted by Gasteiger charge is -2.26. The molecule has 0 bridgehead atoms. The molecule has 0 saturated carbocycles. The minimum atomic E-state index is -4.45. The first-order valence-electron chi connectivity index (χ1n) is 5.34. The summed E-state index contributed by atoms with van der Waals surface area (Å²) in [6, 6.07) is 6.63. The van der Waals surface area contributed by atoms with Gasteiger partial charge in [0.1, 0.15) is 0 Å². The van der Waals surface area contributed by atoms with Crippen LogP contribution in [0.15, 0.2) is 24.3 Å². The highest BCUT2D eigenvalue weighted by Gasteiger charge is 2.44. The van der Waals surface area contributed by atoms with E-state index in [4.69, 9.17) is 11.6 Å². The molecule has 0 fully saturated rings. The van der Waals surface area contributed by atoms with Gasteiger partial charge in [0.05, 0.1) is 6.10 Å². The SMILES string of the molecule is CC(OC(F)(F)C(F)F)C(C)c1ccccc1Cl. The van der Waals surface area contributed by atoms with Gasteiger partial charge < -0.3 is 4.74 Å². The van der Waals surface area contributed by atoms with Gasteiger partial charge in [-0.05, 0) is 18.6 Å². The van der Waals surface area contributed by atoms with E-state index in [9.17, 15) is 17.6 Å². The van der Waals surface area contributed by atoms with Gasteiger partial charge in [-0.15, -0.1) is 0 Å². The molecule has 18 heavy (non-hydrogen) atoms. The van der Waals surface area contributed by atoms with Crippen molar-refractivity contribution in [1.82, 2.24) is 0 Å². The van der Waals surface area contributed by atoms with Gasteiger partial charge in [0.15, 0.2) is 0 Å². The van der Waals surface area contributed by atoms with E-state index in [1.54, 1.807) is 31.2 Å². The maximum absolute atomic E-state index is 12.8. The molecule has 0 N–H and O–H groups in total. The summed E-state index contributed by atoms with van der Waals surface area (Å²) in [6.07, 6.45) is -9.39. The Kier molecular flexibility index (Phi) is 4.99. The number of rotatable bonds is 5. The Balaban J connectivity index is 2.79. The van der Waals surface area contributed by atoms with Crippen molar-refractivity contribution in [3.05, 3.63) is 34.9 Å². The van der Waals surface area contributed by atoms with Crippen molar-refractivity contribution >= 4 is 11.6 Å². The van der Waals surface area contributed by atoms with E-state index in [1.165, 1.54) is 6.92 Å². The highest BCUT2D eigenvalue weighted by molar-refractivity contribution is 6.31. The second kappa shape index (κ2) is 5.89. The molecule has 0 heterocycles. The van der Waals surface area contributed by atoms with E-state index in [-0.39, 0.29) is 0 Å². The second-order valence-corrected chi connectivity index (χ2v) is 4.40. The predicted molar refractivity (Wildman–Crippen MR) is 61.4 cm³/mol. The lowest BCUT2D eigenvalue weighted by Crippen LogP contribution is -2.35. The minimum absolute atomic E-state index is 0.390. The van der Waals surface area contributed by atoms with E-state index in [1.807, 2.05) is 0 Å². The Morgan fingerprint density at radius 1 is 1.17 bits per heavy atom. The topological polar surface area (TPSA) is 9.23 Å². The van der Waals surface area contributed by atoms with Crippen LogP contribution in [-0.4, -0.2) is 18.6 Å². The van der Waals surface area contributed by atoms with Crippen LogP contribution in [0.3, 0.4) is 0 Å². The summed E-state index contributed by atoms with van der Waals surface area (Å²) < 4.78 is 53.7. The molecule has 0 aliphatic carbocycles. The molecule has 1 aromatic carbocycles. The molecule has 6 heteroatoms. The van der Waals surface area contributed by atoms with Crippen LogP contribution >= 0.6 is 11.6 Å². The molecule has 1 aromatic rings. The average molecular weight is 285 g/mol. The van der Waals surface area contributed by atoms with E-state index in [0.717, 1.165) is 0 Å². The quantitative estimate of drug-likeness (QED) is 0.712. The van der Waals surface area contributed by atoms with Crippen molar-refractivity contribution in [1.29, 1.82) is 0 Å². The molecule has 0 radical (unpaired) electrons. The van der Waals surface area contributed by atoms with Gasteiger partial charge in [0, 0.05) is 10.9 Å². The number of alkyl halides is 4. The number of benzene rings is 1. The van der Waals surface area contributed by atoms with Gasteiger partial charge in [0.25, 0.3) is 0 Å². The molecular formula is C12H13ClF4O. The van der Waals surface area contributed by atoms with Crippen LogP contribution in [0.4, 0.5) is 17.6 Å². The van der Waals surface area contributed by atoms with E-state index >= 15 is 0 Å². The van der Waals surface area contributed by atoms with Crippen molar-refractivity contribution in [3.63, 3.8) is 0 Å². The maximum Gasteiger partial charge on any atom is 0.416 e. The lowest BCUT2D eigenvalue weighted by atomic mass is 9.96. The summed E-state index contributed by atoms with van der Waals surface area (Å²) in [5.74, 6) is -0.525. The predicted octanol–water partition coefficient (Wildman–Crippen LogP) is 4.71. The summed E-state index contributed by atoms with van der Waals surface area (Å²) >= 11 is 5.91. The maximum atomic E-state index is 12.8. The van der Waals surface area contributed by atoms with Gasteiger partial charge in [-0.1, -0.05) is 36.7 Å². The van der Waals surface area contributed by atoms with Gasteiger partial charge in [-0.25, -0.2) is 8.78 Å². The van der Waals surface area contributed by atoms with Crippen LogP contribution < -0.4 is 0 Å². The Morgan fingerprint density at radius 2 is 1.72 bits per heavy atom. The first-order valence-corrected chi connectivity index (χ1v) is 5.71. The van der Waals surface area contributed by atoms with Crippen molar-refractivity contribution in [2.75, 3.05) is 0 Å². The normalized spacial score (nSPS) is 15.8. The third kappa shape index (κ3) is 3.59. The van der Waals surface area contributed by atoms with Gasteiger partial charge in [-0.3, -0.25) is 0 Å². The number of halogens is 5. The number of hydrogen-bond donors (Lipinski definition) is 0. The zero-order valence-electron chi connectivity index (χ0n) is 9.84. The van der Waals surface area contributed by atoms with Gasteiger partial charge >= 0.3 is 12.5 Å². The standard InChI is InChI=1S/C12H13ClF4O/c1-7(9-5-3-4-6-10(9)13)8(2)18-12(16,17)11(14)15/h3-8,11H,1-2H3. The molecule has 1 nitrogen and oxygen atoms in total. The lowest BCUT2D eigenvalue weighted by molar-refractivity contribution is -0.318. The van der Waals surface area contributed by atoms with E-state index in [0.29, 0.717) is 10.6 Å². The van der Waals surface area contributed by atoms with Crippen LogP contribution in [0.1, 0.15) is 25.3 Å². The van der Waals surface area contributed by atoms with E-state index < -0.39 is 24.6 Å². The van der Waals surface area contributed by atoms with Crippen molar-refractivity contribution in [2.45, 2.75) is 38.4 Å². The molecule has 2 unspecified atom stereocenters. The monoisotopic (exact) mass is 284 g/mol. The second-order valence-electron chi connectivity index (χ2n) is 4.00. The fraction of sp³-hybridized carbons (Fsp3) is 0.500. The third-order valence-electron chi connectivity index (χ3n) is 2.70. The zero-order chi connectivity index (χ0) is 13.9. The number of ether oxygens (including phenoxy) is 1. The first-order chi connectivity index (χ1) is 8.25. The van der Waals surface area contributed by atoms with Crippen LogP contribution in [-0.2, 0) is 4.74 Å². The summed E-state index contributed by atoms with van der Waals surface area (Å²) in [4.78, 5) is 0. The molecule has 0 aliphatic heterocycles. The summed E-state index contributed by atoms with van der Waals surface area (Å²) in [6.45, 7) is 2.90. The molecule has 0 spiro atoms. The highest BCUT2D eigenvalue weighted by Crippen LogP contribution is 2.33. The Hall–Kier alpha value is -0.810. The zero-order valence-corrected chi connectivity index (χ0v) is 10.6. The third-order valence-corrected chi connectivity index (χ3v) is 3.04. The molecule has 0 saturated heterocycles. The van der Waals surface area contributed by atoms with Crippen molar-refractivity contribution in [3.8, 4) is 0 Å². The smallest absolute Gasteiger partial charge is 0.312 e. The average Bonchev–Trinajstić information content (AvgIpc) is 2.28. The van der Waals surface area contributed by atoms with Crippen LogP contribution in [0.2, 0.25) is 5.02 Å². The summed E-state index contributed by atoms with van der Waals surface area (Å²) in [5.41, 5.74) is 0.580. The molecular weight excluding hydrogens is 272 g/mol. The molecule has 0 aliphatic rings. The van der Waals surface area contributed by atoms with Gasteiger partial charge in [0.2, 0.25) is 0 Å². The van der Waals surface area contributed by atoms with Crippen molar-refractivity contribution < 1.29 is 22.3 Å². The summed E-state index contributed by atoms with van der Waals surface area (Å²) in [5, 5.41) is 0.390. The molecule has 1 rings (SSSR count). The number of hydrogen-bond acceptors (Lipinski definition) is 1. The molecule has 0 amide bonds. The van der Waals surface area contributed by atoms with Crippen LogP contribution in [0.25, 0.3) is 0 Å². The molecule has 2 atom stereocenters. The highest BCUT2D eigenvalue weighted by atomic mass is 35.5. The Bertz CT molecular complexity index is 397. The van der Waals surface area contributed by atoms with Crippen molar-refractivity contribution in [2.24, 2.45) is 0 Å². The van der Waals surface area contributed by atoms with Gasteiger partial charge in [-0.2, -0.15) is 8.78 Å². The molecule has 0 aromatic heterocycles. The van der Waals surface area contributed by atoms with Crippen LogP contribution in [0, 0.1) is 0 Å². The van der Waals surface area contributed by atoms with E-state index in [2.05, 4.69) is 4.74 Å².